The number of hydrogen-bond acceptors (Lipinski definition) is 4. The first-order valence-corrected chi connectivity index (χ1v) is 5.06. The highest BCUT2D eigenvalue weighted by atomic mass is 16.6. The highest BCUT2D eigenvalue weighted by Crippen LogP contribution is 2.20. The van der Waals surface area contributed by atoms with E-state index in [1.165, 1.54) is 0 Å². The van der Waals surface area contributed by atoms with E-state index in [0.29, 0.717) is 13.1 Å². The van der Waals surface area contributed by atoms with Crippen molar-refractivity contribution in [3.05, 3.63) is 0 Å². The first-order valence-electron chi connectivity index (χ1n) is 5.06. The highest BCUT2D eigenvalue weighted by Gasteiger charge is 2.35. The van der Waals surface area contributed by atoms with Crippen molar-refractivity contribution < 1.29 is 14.3 Å². The molecule has 0 bridgehead atoms. The Balaban J connectivity index is 1.93. The number of hydrogen-bond donors (Lipinski definition) is 1. The van der Waals surface area contributed by atoms with E-state index >= 15 is 0 Å². The van der Waals surface area contributed by atoms with Crippen LogP contribution in [-0.4, -0.2) is 49.4 Å². The first-order chi connectivity index (χ1) is 6.81. The number of amides is 1. The molecule has 2 saturated heterocycles. The zero-order valence-corrected chi connectivity index (χ0v) is 8.15. The second-order valence-electron chi connectivity index (χ2n) is 3.74. The maximum atomic E-state index is 11.5. The Labute approximate surface area is 83.1 Å². The van der Waals surface area contributed by atoms with Crippen molar-refractivity contribution in [1.29, 1.82) is 0 Å². The van der Waals surface area contributed by atoms with E-state index in [9.17, 15) is 4.79 Å². The number of ether oxygens (including phenoxy) is 2. The lowest BCUT2D eigenvalue weighted by Gasteiger charge is -2.28. The molecular formula is C9H16N2O3. The van der Waals surface area contributed by atoms with Crippen LogP contribution in [0.3, 0.4) is 0 Å². The molecule has 5 heteroatoms. The van der Waals surface area contributed by atoms with Gasteiger partial charge in [0.05, 0.1) is 6.54 Å². The van der Waals surface area contributed by atoms with Crippen LogP contribution in [0.2, 0.25) is 0 Å². The van der Waals surface area contributed by atoms with Gasteiger partial charge in [0.2, 0.25) is 0 Å². The normalized spacial score (nSPS) is 29.4. The van der Waals surface area contributed by atoms with Gasteiger partial charge in [-0.05, 0) is 12.8 Å². The van der Waals surface area contributed by atoms with Crippen LogP contribution in [0, 0.1) is 0 Å². The monoisotopic (exact) mass is 200 g/mol. The van der Waals surface area contributed by atoms with Crippen LogP contribution in [0.15, 0.2) is 0 Å². The summed E-state index contributed by atoms with van der Waals surface area (Å²) in [5.74, 6) is 0. The summed E-state index contributed by atoms with van der Waals surface area (Å²) >= 11 is 0. The fourth-order valence-electron chi connectivity index (χ4n) is 1.96. The molecule has 0 aromatic heterocycles. The number of nitrogens with two attached hydrogens (primary N) is 1. The van der Waals surface area contributed by atoms with Gasteiger partial charge in [-0.3, -0.25) is 0 Å². The Hall–Kier alpha value is -0.810. The van der Waals surface area contributed by atoms with Gasteiger partial charge in [-0.2, -0.15) is 0 Å². The summed E-state index contributed by atoms with van der Waals surface area (Å²) < 4.78 is 10.3. The molecule has 0 saturated carbocycles. The topological polar surface area (TPSA) is 64.8 Å². The molecule has 2 fully saturated rings. The minimum Gasteiger partial charge on any atom is -0.443 e. The van der Waals surface area contributed by atoms with Crippen molar-refractivity contribution in [2.75, 3.05) is 26.3 Å². The summed E-state index contributed by atoms with van der Waals surface area (Å²) in [6.07, 6.45) is 1.48. The van der Waals surface area contributed by atoms with E-state index in [4.69, 9.17) is 15.2 Å². The van der Waals surface area contributed by atoms with E-state index in [2.05, 4.69) is 0 Å². The van der Waals surface area contributed by atoms with Crippen molar-refractivity contribution in [1.82, 2.24) is 4.90 Å². The number of rotatable bonds is 2. The summed E-state index contributed by atoms with van der Waals surface area (Å²) in [6.45, 7) is 2.52. The second-order valence-corrected chi connectivity index (χ2v) is 3.74. The fourth-order valence-corrected chi connectivity index (χ4v) is 1.96. The van der Waals surface area contributed by atoms with Crippen molar-refractivity contribution in [2.24, 2.45) is 5.73 Å². The van der Waals surface area contributed by atoms with Crippen LogP contribution in [0.5, 0.6) is 0 Å². The third-order valence-corrected chi connectivity index (χ3v) is 2.80. The van der Waals surface area contributed by atoms with Crippen LogP contribution in [0.25, 0.3) is 0 Å². The van der Waals surface area contributed by atoms with E-state index in [1.54, 1.807) is 4.90 Å². The number of carbonyl (C=O) groups excluding carboxylic acids is 1. The maximum Gasteiger partial charge on any atom is 0.410 e. The van der Waals surface area contributed by atoms with Crippen molar-refractivity contribution in [2.45, 2.75) is 25.0 Å². The molecule has 0 aromatic carbocycles. The SMILES string of the molecule is NCC1CN(C2CCOCC2)C(=O)O1. The van der Waals surface area contributed by atoms with E-state index in [1.807, 2.05) is 0 Å². The minimum atomic E-state index is -0.215. The molecule has 2 N–H and O–H groups in total. The number of carbonyl (C=O) groups is 1. The molecule has 0 aromatic rings. The third-order valence-electron chi connectivity index (χ3n) is 2.80. The lowest BCUT2D eigenvalue weighted by atomic mass is 10.1. The molecule has 1 atom stereocenters. The summed E-state index contributed by atoms with van der Waals surface area (Å²) in [6, 6.07) is 0.285. The van der Waals surface area contributed by atoms with Crippen LogP contribution in [-0.2, 0) is 9.47 Å². The Morgan fingerprint density at radius 1 is 1.43 bits per heavy atom. The molecule has 0 aliphatic carbocycles. The van der Waals surface area contributed by atoms with Crippen LogP contribution in [0.4, 0.5) is 4.79 Å². The standard InChI is InChI=1S/C9H16N2O3/c10-5-8-6-11(9(12)14-8)7-1-3-13-4-2-7/h7-8H,1-6,10H2. The summed E-state index contributed by atoms with van der Waals surface area (Å²) in [5.41, 5.74) is 5.46. The molecule has 2 rings (SSSR count). The molecule has 14 heavy (non-hydrogen) atoms. The zero-order chi connectivity index (χ0) is 9.97. The van der Waals surface area contributed by atoms with Crippen LogP contribution in [0.1, 0.15) is 12.8 Å². The molecule has 2 aliphatic rings. The third kappa shape index (κ3) is 1.83. The smallest absolute Gasteiger partial charge is 0.410 e. The largest absolute Gasteiger partial charge is 0.443 e. The van der Waals surface area contributed by atoms with E-state index in [0.717, 1.165) is 26.1 Å². The lowest BCUT2D eigenvalue weighted by molar-refractivity contribution is 0.0487. The van der Waals surface area contributed by atoms with Crippen LogP contribution >= 0.6 is 0 Å². The van der Waals surface area contributed by atoms with Gasteiger partial charge in [-0.1, -0.05) is 0 Å². The Kier molecular flexibility index (Phi) is 2.88. The quantitative estimate of drug-likeness (QED) is 0.678. The summed E-state index contributed by atoms with van der Waals surface area (Å²) in [4.78, 5) is 13.2. The molecule has 0 spiro atoms. The Morgan fingerprint density at radius 3 is 2.71 bits per heavy atom. The van der Waals surface area contributed by atoms with Gasteiger partial charge < -0.3 is 20.1 Å². The maximum absolute atomic E-state index is 11.5. The van der Waals surface area contributed by atoms with Gasteiger partial charge in [0.1, 0.15) is 6.10 Å². The average Bonchev–Trinajstić information content (AvgIpc) is 2.61. The lowest BCUT2D eigenvalue weighted by Crippen LogP contribution is -2.40. The molecule has 1 amide bonds. The Bertz CT molecular complexity index is 216. The molecule has 2 aliphatic heterocycles. The molecule has 5 nitrogen and oxygen atoms in total. The van der Waals surface area contributed by atoms with Gasteiger partial charge in [-0.25, -0.2) is 4.79 Å². The Morgan fingerprint density at radius 2 is 2.14 bits per heavy atom. The van der Waals surface area contributed by atoms with Gasteiger partial charge in [0.25, 0.3) is 0 Å². The van der Waals surface area contributed by atoms with E-state index < -0.39 is 0 Å². The van der Waals surface area contributed by atoms with Crippen molar-refractivity contribution >= 4 is 6.09 Å². The summed E-state index contributed by atoms with van der Waals surface area (Å²) in [7, 11) is 0. The van der Waals surface area contributed by atoms with Gasteiger partial charge in [-0.15, -0.1) is 0 Å². The highest BCUT2D eigenvalue weighted by molar-refractivity contribution is 5.70. The first kappa shape index (κ1) is 9.73. The predicted octanol–water partition coefficient (Wildman–Crippen LogP) is -0.0551. The van der Waals surface area contributed by atoms with Crippen molar-refractivity contribution in [3.8, 4) is 0 Å². The van der Waals surface area contributed by atoms with E-state index in [-0.39, 0.29) is 18.2 Å². The van der Waals surface area contributed by atoms with Crippen molar-refractivity contribution in [3.63, 3.8) is 0 Å². The van der Waals surface area contributed by atoms with Gasteiger partial charge >= 0.3 is 6.09 Å². The molecule has 80 valence electrons. The van der Waals surface area contributed by atoms with Crippen LogP contribution < -0.4 is 5.73 Å². The number of cyclic esters (lactones) is 1. The molecule has 2 heterocycles. The minimum absolute atomic E-state index is 0.120. The molecule has 1 unspecified atom stereocenters. The summed E-state index contributed by atoms with van der Waals surface area (Å²) in [5, 5.41) is 0. The van der Waals surface area contributed by atoms with Gasteiger partial charge in [0.15, 0.2) is 0 Å². The molecule has 0 radical (unpaired) electrons. The van der Waals surface area contributed by atoms with Gasteiger partial charge in [0, 0.05) is 25.8 Å². The zero-order valence-electron chi connectivity index (χ0n) is 8.15. The molecular weight excluding hydrogens is 184 g/mol. The fraction of sp³-hybridized carbons (Fsp3) is 0.889. The average molecular weight is 200 g/mol. The predicted molar refractivity (Wildman–Crippen MR) is 49.9 cm³/mol. The number of nitrogens with zero attached hydrogens (tertiary/aromatic N) is 1. The second kappa shape index (κ2) is 4.14.